The van der Waals surface area contributed by atoms with Crippen LogP contribution in [0.5, 0.6) is 0 Å². The molecule has 6 heteroatoms. The topological polar surface area (TPSA) is 48.4 Å². The molecule has 3 rings (SSSR count). The summed E-state index contributed by atoms with van der Waals surface area (Å²) in [6, 6.07) is 9.54. The molecule has 25 heavy (non-hydrogen) atoms. The molecule has 2 aliphatic heterocycles. The number of amides is 1. The van der Waals surface area contributed by atoms with Crippen LogP contribution in [-0.4, -0.2) is 74.7 Å². The van der Waals surface area contributed by atoms with E-state index >= 15 is 0 Å². The van der Waals surface area contributed by atoms with Crippen molar-refractivity contribution in [1.82, 2.24) is 9.80 Å². The summed E-state index contributed by atoms with van der Waals surface area (Å²) in [6.45, 7) is 9.38. The number of carbonyl (C=O) groups is 1. The molecular weight excluding hydrogens is 316 g/mol. The first-order valence-electron chi connectivity index (χ1n) is 9.10. The highest BCUT2D eigenvalue weighted by Crippen LogP contribution is 2.29. The Morgan fingerprint density at radius 2 is 1.88 bits per heavy atom. The van der Waals surface area contributed by atoms with Gasteiger partial charge in [0.15, 0.2) is 6.17 Å². The molecule has 2 aliphatic rings. The molecule has 2 atom stereocenters. The minimum Gasteiger partial charge on any atom is -0.441 e. The SMILES string of the molecule is C=NC1C(CCCCN2CCN(C)CC2)OC(=O)N1c1ccccc1. The molecule has 6 nitrogen and oxygen atoms in total. The van der Waals surface area contributed by atoms with Crippen molar-refractivity contribution in [3.05, 3.63) is 30.3 Å². The van der Waals surface area contributed by atoms with Gasteiger partial charge in [0, 0.05) is 31.9 Å². The summed E-state index contributed by atoms with van der Waals surface area (Å²) >= 11 is 0. The van der Waals surface area contributed by atoms with E-state index in [0.29, 0.717) is 0 Å². The van der Waals surface area contributed by atoms with Gasteiger partial charge < -0.3 is 14.5 Å². The molecule has 1 amide bonds. The predicted molar refractivity (Wildman–Crippen MR) is 100 cm³/mol. The number of aliphatic imine (C=N–C) groups is 1. The van der Waals surface area contributed by atoms with Crippen molar-refractivity contribution in [3.8, 4) is 0 Å². The highest BCUT2D eigenvalue weighted by Gasteiger charge is 2.41. The summed E-state index contributed by atoms with van der Waals surface area (Å²) in [4.78, 5) is 22.9. The zero-order valence-corrected chi connectivity index (χ0v) is 15.0. The Morgan fingerprint density at radius 1 is 1.16 bits per heavy atom. The number of para-hydroxylation sites is 1. The van der Waals surface area contributed by atoms with Crippen molar-refractivity contribution in [2.45, 2.75) is 31.5 Å². The number of anilines is 1. The molecule has 0 spiro atoms. The summed E-state index contributed by atoms with van der Waals surface area (Å²) < 4.78 is 5.57. The van der Waals surface area contributed by atoms with Crippen LogP contribution < -0.4 is 4.90 Å². The molecule has 0 saturated carbocycles. The average molecular weight is 344 g/mol. The summed E-state index contributed by atoms with van der Waals surface area (Å²) in [5.74, 6) is 0. The Morgan fingerprint density at radius 3 is 2.56 bits per heavy atom. The first kappa shape index (κ1) is 17.9. The molecule has 2 heterocycles. The highest BCUT2D eigenvalue weighted by molar-refractivity contribution is 5.90. The first-order valence-corrected chi connectivity index (χ1v) is 9.10. The molecule has 2 unspecified atom stereocenters. The number of nitrogens with zero attached hydrogens (tertiary/aromatic N) is 4. The number of hydrogen-bond donors (Lipinski definition) is 0. The van der Waals surface area contributed by atoms with Gasteiger partial charge in [-0.15, -0.1) is 0 Å². The summed E-state index contributed by atoms with van der Waals surface area (Å²) in [7, 11) is 2.17. The van der Waals surface area contributed by atoms with Crippen molar-refractivity contribution >= 4 is 18.5 Å². The van der Waals surface area contributed by atoms with Crippen molar-refractivity contribution in [2.24, 2.45) is 4.99 Å². The van der Waals surface area contributed by atoms with Crippen molar-refractivity contribution < 1.29 is 9.53 Å². The third-order valence-corrected chi connectivity index (χ3v) is 5.08. The first-order chi connectivity index (χ1) is 12.2. The van der Waals surface area contributed by atoms with Crippen LogP contribution in [0, 0.1) is 0 Å². The van der Waals surface area contributed by atoms with Crippen LogP contribution >= 0.6 is 0 Å². The maximum Gasteiger partial charge on any atom is 0.416 e. The van der Waals surface area contributed by atoms with Crippen LogP contribution in [0.15, 0.2) is 35.3 Å². The lowest BCUT2D eigenvalue weighted by molar-refractivity contribution is 0.121. The van der Waals surface area contributed by atoms with Crippen LogP contribution in [0.25, 0.3) is 0 Å². The number of cyclic esters (lactones) is 1. The van der Waals surface area contributed by atoms with E-state index in [1.54, 1.807) is 4.90 Å². The molecule has 0 N–H and O–H groups in total. The second-order valence-electron chi connectivity index (χ2n) is 6.86. The number of likely N-dealkylation sites (N-methyl/N-ethyl adjacent to an activating group) is 1. The molecule has 0 radical (unpaired) electrons. The van der Waals surface area contributed by atoms with Gasteiger partial charge in [-0.05, 0) is 51.7 Å². The van der Waals surface area contributed by atoms with Crippen LogP contribution in [0.3, 0.4) is 0 Å². The molecule has 1 aromatic carbocycles. The van der Waals surface area contributed by atoms with Gasteiger partial charge in [-0.25, -0.2) is 4.79 Å². The number of hydrogen-bond acceptors (Lipinski definition) is 5. The standard InChI is InChI=1S/C19H28N4O2/c1-20-18-17(10-6-7-11-22-14-12-21(2)13-15-22)25-19(24)23(18)16-8-4-3-5-9-16/h3-5,8-9,17-18H,1,6-7,10-15H2,2H3. The quantitative estimate of drug-likeness (QED) is 0.563. The van der Waals surface area contributed by atoms with Crippen LogP contribution in [0.2, 0.25) is 0 Å². The van der Waals surface area contributed by atoms with Gasteiger partial charge in [-0.3, -0.25) is 9.89 Å². The van der Waals surface area contributed by atoms with E-state index in [0.717, 1.165) is 57.7 Å². The number of piperazine rings is 1. The number of ether oxygens (including phenoxy) is 1. The lowest BCUT2D eigenvalue weighted by Gasteiger charge is -2.32. The molecule has 0 aromatic heterocycles. The van der Waals surface area contributed by atoms with E-state index in [2.05, 4.69) is 28.6 Å². The lowest BCUT2D eigenvalue weighted by Crippen LogP contribution is -2.44. The summed E-state index contributed by atoms with van der Waals surface area (Å²) in [5.41, 5.74) is 0.810. The zero-order chi connectivity index (χ0) is 17.6. The van der Waals surface area contributed by atoms with Crippen LogP contribution in [0.4, 0.5) is 10.5 Å². The molecule has 2 fully saturated rings. The fraction of sp³-hybridized carbons (Fsp3) is 0.579. The van der Waals surface area contributed by atoms with Gasteiger partial charge in [0.1, 0.15) is 6.10 Å². The number of unbranched alkanes of at least 4 members (excludes halogenated alkanes) is 1. The van der Waals surface area contributed by atoms with Crippen LogP contribution in [0.1, 0.15) is 19.3 Å². The fourth-order valence-electron chi connectivity index (χ4n) is 3.53. The van der Waals surface area contributed by atoms with Crippen molar-refractivity contribution in [3.63, 3.8) is 0 Å². The van der Waals surface area contributed by atoms with Gasteiger partial charge in [0.25, 0.3) is 0 Å². The second-order valence-corrected chi connectivity index (χ2v) is 6.86. The maximum absolute atomic E-state index is 12.3. The fourth-order valence-corrected chi connectivity index (χ4v) is 3.53. The van der Waals surface area contributed by atoms with E-state index in [-0.39, 0.29) is 18.4 Å². The lowest BCUT2D eigenvalue weighted by atomic mass is 10.1. The second kappa shape index (κ2) is 8.45. The summed E-state index contributed by atoms with van der Waals surface area (Å²) in [6.07, 6.45) is 2.10. The van der Waals surface area contributed by atoms with Gasteiger partial charge in [0.05, 0.1) is 0 Å². The minimum absolute atomic E-state index is 0.210. The number of benzene rings is 1. The largest absolute Gasteiger partial charge is 0.441 e. The molecule has 2 saturated heterocycles. The molecular formula is C19H28N4O2. The Kier molecular flexibility index (Phi) is 6.04. The van der Waals surface area contributed by atoms with Gasteiger partial charge in [-0.1, -0.05) is 18.2 Å². The molecule has 0 bridgehead atoms. The Bertz CT molecular complexity index is 572. The predicted octanol–water partition coefficient (Wildman–Crippen LogP) is 2.46. The monoisotopic (exact) mass is 344 g/mol. The highest BCUT2D eigenvalue weighted by atomic mass is 16.6. The van der Waals surface area contributed by atoms with Gasteiger partial charge >= 0.3 is 6.09 Å². The van der Waals surface area contributed by atoms with E-state index in [1.165, 1.54) is 0 Å². The van der Waals surface area contributed by atoms with E-state index < -0.39 is 0 Å². The molecule has 136 valence electrons. The average Bonchev–Trinajstić information content (AvgIpc) is 2.96. The van der Waals surface area contributed by atoms with E-state index in [1.807, 2.05) is 30.3 Å². The van der Waals surface area contributed by atoms with Crippen LogP contribution in [-0.2, 0) is 4.74 Å². The summed E-state index contributed by atoms with van der Waals surface area (Å²) in [5, 5.41) is 0. The zero-order valence-electron chi connectivity index (χ0n) is 15.0. The smallest absolute Gasteiger partial charge is 0.416 e. The van der Waals surface area contributed by atoms with Gasteiger partial charge in [0.2, 0.25) is 0 Å². The number of carbonyl (C=O) groups excluding carboxylic acids is 1. The van der Waals surface area contributed by atoms with Crippen molar-refractivity contribution in [2.75, 3.05) is 44.7 Å². The molecule has 0 aliphatic carbocycles. The Hall–Kier alpha value is -1.92. The molecule has 1 aromatic rings. The van der Waals surface area contributed by atoms with Gasteiger partial charge in [-0.2, -0.15) is 0 Å². The Balaban J connectivity index is 1.48. The van der Waals surface area contributed by atoms with Crippen molar-refractivity contribution in [1.29, 1.82) is 0 Å². The normalized spacial score (nSPS) is 25.2. The van der Waals surface area contributed by atoms with E-state index in [9.17, 15) is 4.79 Å². The third-order valence-electron chi connectivity index (χ3n) is 5.08. The Labute approximate surface area is 150 Å². The minimum atomic E-state index is -0.335. The third kappa shape index (κ3) is 4.38. The number of rotatable bonds is 7. The van der Waals surface area contributed by atoms with E-state index in [4.69, 9.17) is 4.74 Å². The maximum atomic E-state index is 12.3.